The van der Waals surface area contributed by atoms with Crippen molar-refractivity contribution in [3.8, 4) is 17.2 Å². The molecule has 0 aromatic heterocycles. The van der Waals surface area contributed by atoms with Crippen LogP contribution in [0, 0.1) is 0 Å². The molecular formula is C19H23NO4. The highest BCUT2D eigenvalue weighted by atomic mass is 16.5. The molecule has 1 amide bonds. The highest BCUT2D eigenvalue weighted by Gasteiger charge is 2.16. The third-order valence-corrected chi connectivity index (χ3v) is 3.42. The summed E-state index contributed by atoms with van der Waals surface area (Å²) in [5.74, 6) is 1.74. The molecule has 0 saturated heterocycles. The Morgan fingerprint density at radius 2 is 1.88 bits per heavy atom. The van der Waals surface area contributed by atoms with Crippen molar-refractivity contribution in [2.24, 2.45) is 0 Å². The van der Waals surface area contributed by atoms with Crippen molar-refractivity contribution in [3.63, 3.8) is 0 Å². The molecule has 0 spiro atoms. The lowest BCUT2D eigenvalue weighted by Gasteiger charge is -2.16. The number of methoxy groups -OCH3 is 1. The molecule has 0 fully saturated rings. The van der Waals surface area contributed by atoms with Gasteiger partial charge in [0.1, 0.15) is 5.75 Å². The summed E-state index contributed by atoms with van der Waals surface area (Å²) in [5, 5.41) is 2.87. The normalized spacial score (nSPS) is 11.5. The SMILES string of the molecule is CCOc1cccc(CNC(=O)C(C)Oc2ccccc2OC)c1. The van der Waals surface area contributed by atoms with Gasteiger partial charge >= 0.3 is 0 Å². The maximum Gasteiger partial charge on any atom is 0.261 e. The molecule has 5 heteroatoms. The average Bonchev–Trinajstić information content (AvgIpc) is 2.60. The quantitative estimate of drug-likeness (QED) is 0.808. The number of rotatable bonds is 8. The maximum absolute atomic E-state index is 12.2. The van der Waals surface area contributed by atoms with Gasteiger partial charge in [0.2, 0.25) is 0 Å². The first-order valence-electron chi connectivity index (χ1n) is 7.93. The molecule has 0 radical (unpaired) electrons. The molecule has 0 saturated carbocycles. The van der Waals surface area contributed by atoms with E-state index in [-0.39, 0.29) is 5.91 Å². The number of nitrogens with one attached hydrogen (secondary N) is 1. The van der Waals surface area contributed by atoms with Gasteiger partial charge in [-0.15, -0.1) is 0 Å². The Bertz CT molecular complexity index is 672. The molecular weight excluding hydrogens is 306 g/mol. The molecule has 2 aromatic carbocycles. The van der Waals surface area contributed by atoms with Crippen LogP contribution < -0.4 is 19.5 Å². The van der Waals surface area contributed by atoms with E-state index in [9.17, 15) is 4.79 Å². The lowest BCUT2D eigenvalue weighted by molar-refractivity contribution is -0.127. The Morgan fingerprint density at radius 1 is 1.12 bits per heavy atom. The van der Waals surface area contributed by atoms with Crippen molar-refractivity contribution in [2.45, 2.75) is 26.5 Å². The van der Waals surface area contributed by atoms with E-state index in [2.05, 4.69) is 5.32 Å². The molecule has 1 unspecified atom stereocenters. The Balaban J connectivity index is 1.91. The number of ether oxygens (including phenoxy) is 3. The highest BCUT2D eigenvalue weighted by molar-refractivity contribution is 5.80. The fourth-order valence-electron chi connectivity index (χ4n) is 2.20. The van der Waals surface area contributed by atoms with Gasteiger partial charge in [0, 0.05) is 6.54 Å². The van der Waals surface area contributed by atoms with Crippen LogP contribution in [-0.4, -0.2) is 25.7 Å². The lowest BCUT2D eigenvalue weighted by Crippen LogP contribution is -2.35. The predicted molar refractivity (Wildman–Crippen MR) is 92.5 cm³/mol. The molecule has 24 heavy (non-hydrogen) atoms. The van der Waals surface area contributed by atoms with Crippen molar-refractivity contribution < 1.29 is 19.0 Å². The molecule has 2 aromatic rings. The van der Waals surface area contributed by atoms with Gasteiger partial charge in [0.15, 0.2) is 17.6 Å². The van der Waals surface area contributed by atoms with E-state index in [1.54, 1.807) is 26.2 Å². The van der Waals surface area contributed by atoms with E-state index in [0.29, 0.717) is 24.7 Å². The van der Waals surface area contributed by atoms with Gasteiger partial charge in [-0.1, -0.05) is 24.3 Å². The van der Waals surface area contributed by atoms with Gasteiger partial charge in [-0.05, 0) is 43.7 Å². The number of para-hydroxylation sites is 2. The molecule has 0 bridgehead atoms. The number of benzene rings is 2. The third kappa shape index (κ3) is 4.91. The number of hydrogen-bond donors (Lipinski definition) is 1. The van der Waals surface area contributed by atoms with Gasteiger partial charge in [-0.2, -0.15) is 0 Å². The first-order chi connectivity index (χ1) is 11.6. The summed E-state index contributed by atoms with van der Waals surface area (Å²) in [5.41, 5.74) is 0.971. The van der Waals surface area contributed by atoms with Crippen molar-refractivity contribution in [3.05, 3.63) is 54.1 Å². The summed E-state index contributed by atoms with van der Waals surface area (Å²) in [6.45, 7) is 4.67. The predicted octanol–water partition coefficient (Wildman–Crippen LogP) is 3.18. The second-order valence-electron chi connectivity index (χ2n) is 5.21. The van der Waals surface area contributed by atoms with E-state index in [4.69, 9.17) is 14.2 Å². The van der Waals surface area contributed by atoms with E-state index in [1.165, 1.54) is 0 Å². The topological polar surface area (TPSA) is 56.8 Å². The van der Waals surface area contributed by atoms with Crippen LogP contribution in [0.3, 0.4) is 0 Å². The van der Waals surface area contributed by atoms with Crippen LogP contribution in [0.5, 0.6) is 17.2 Å². The van der Waals surface area contributed by atoms with Crippen LogP contribution in [0.15, 0.2) is 48.5 Å². The summed E-state index contributed by atoms with van der Waals surface area (Å²) in [7, 11) is 1.57. The molecule has 0 aliphatic rings. The molecule has 1 atom stereocenters. The van der Waals surface area contributed by atoms with Gasteiger partial charge < -0.3 is 19.5 Å². The Kier molecular flexibility index (Phi) is 6.49. The van der Waals surface area contributed by atoms with Gasteiger partial charge in [-0.25, -0.2) is 0 Å². The molecule has 0 aliphatic heterocycles. The van der Waals surface area contributed by atoms with E-state index in [0.717, 1.165) is 11.3 Å². The zero-order valence-electron chi connectivity index (χ0n) is 14.2. The van der Waals surface area contributed by atoms with Crippen LogP contribution in [0.1, 0.15) is 19.4 Å². The van der Waals surface area contributed by atoms with Crippen molar-refractivity contribution in [1.82, 2.24) is 5.32 Å². The summed E-state index contributed by atoms with van der Waals surface area (Å²) in [6, 6.07) is 14.9. The fraction of sp³-hybridized carbons (Fsp3) is 0.316. The smallest absolute Gasteiger partial charge is 0.261 e. The first kappa shape index (κ1) is 17.7. The minimum Gasteiger partial charge on any atom is -0.494 e. The number of hydrogen-bond acceptors (Lipinski definition) is 4. The Morgan fingerprint density at radius 3 is 2.58 bits per heavy atom. The van der Waals surface area contributed by atoms with Crippen molar-refractivity contribution in [2.75, 3.05) is 13.7 Å². The zero-order valence-corrected chi connectivity index (χ0v) is 14.2. The Labute approximate surface area is 142 Å². The fourth-order valence-corrected chi connectivity index (χ4v) is 2.20. The standard InChI is InChI=1S/C19H23NO4/c1-4-23-16-9-7-8-15(12-16)13-20-19(21)14(2)24-18-11-6-5-10-17(18)22-3/h5-12,14H,4,13H2,1-3H3,(H,20,21). The maximum atomic E-state index is 12.2. The molecule has 5 nitrogen and oxygen atoms in total. The Hall–Kier alpha value is -2.69. The summed E-state index contributed by atoms with van der Waals surface area (Å²) in [6.07, 6.45) is -0.628. The zero-order chi connectivity index (χ0) is 17.4. The number of carbonyl (C=O) groups excluding carboxylic acids is 1. The average molecular weight is 329 g/mol. The van der Waals surface area contributed by atoms with Gasteiger partial charge in [-0.3, -0.25) is 4.79 Å². The van der Waals surface area contributed by atoms with Crippen LogP contribution in [0.4, 0.5) is 0 Å². The molecule has 2 rings (SSSR count). The van der Waals surface area contributed by atoms with E-state index < -0.39 is 6.10 Å². The minimum atomic E-state index is -0.628. The molecule has 128 valence electrons. The highest BCUT2D eigenvalue weighted by Crippen LogP contribution is 2.26. The second-order valence-corrected chi connectivity index (χ2v) is 5.21. The van der Waals surface area contributed by atoms with Crippen LogP contribution >= 0.6 is 0 Å². The number of amides is 1. The molecule has 0 aliphatic carbocycles. The van der Waals surface area contributed by atoms with Gasteiger partial charge in [0.05, 0.1) is 13.7 Å². The van der Waals surface area contributed by atoms with Crippen molar-refractivity contribution in [1.29, 1.82) is 0 Å². The van der Waals surface area contributed by atoms with E-state index in [1.807, 2.05) is 43.3 Å². The van der Waals surface area contributed by atoms with E-state index >= 15 is 0 Å². The largest absolute Gasteiger partial charge is 0.494 e. The summed E-state index contributed by atoms with van der Waals surface area (Å²) < 4.78 is 16.4. The summed E-state index contributed by atoms with van der Waals surface area (Å²) in [4.78, 5) is 12.2. The number of carbonyl (C=O) groups is 1. The monoisotopic (exact) mass is 329 g/mol. The minimum absolute atomic E-state index is 0.192. The van der Waals surface area contributed by atoms with Crippen LogP contribution in [0.25, 0.3) is 0 Å². The lowest BCUT2D eigenvalue weighted by atomic mass is 10.2. The molecule has 1 N–H and O–H groups in total. The first-order valence-corrected chi connectivity index (χ1v) is 7.93. The third-order valence-electron chi connectivity index (χ3n) is 3.42. The van der Waals surface area contributed by atoms with Crippen LogP contribution in [0.2, 0.25) is 0 Å². The van der Waals surface area contributed by atoms with Crippen molar-refractivity contribution >= 4 is 5.91 Å². The molecule has 0 heterocycles. The summed E-state index contributed by atoms with van der Waals surface area (Å²) >= 11 is 0. The van der Waals surface area contributed by atoms with Gasteiger partial charge in [0.25, 0.3) is 5.91 Å². The second kappa shape index (κ2) is 8.82. The van der Waals surface area contributed by atoms with Crippen LogP contribution in [-0.2, 0) is 11.3 Å².